The van der Waals surface area contributed by atoms with Gasteiger partial charge in [-0.1, -0.05) is 36.9 Å². The summed E-state index contributed by atoms with van der Waals surface area (Å²) >= 11 is 5.71. The monoisotopic (exact) mass is 410 g/mol. The van der Waals surface area contributed by atoms with Gasteiger partial charge >= 0.3 is 0 Å². The van der Waals surface area contributed by atoms with Gasteiger partial charge in [0.2, 0.25) is 10.0 Å². The Morgan fingerprint density at radius 3 is 2.52 bits per heavy atom. The molecule has 0 bridgehead atoms. The number of halogens is 2. The van der Waals surface area contributed by atoms with E-state index in [0.717, 1.165) is 38.2 Å². The fourth-order valence-corrected chi connectivity index (χ4v) is 4.62. The second kappa shape index (κ2) is 8.37. The summed E-state index contributed by atoms with van der Waals surface area (Å²) in [5.74, 6) is -1.09. The van der Waals surface area contributed by atoms with Gasteiger partial charge in [0.05, 0.1) is 9.92 Å². The molecule has 0 atom stereocenters. The first-order valence-electron chi connectivity index (χ1n) is 8.74. The summed E-state index contributed by atoms with van der Waals surface area (Å²) in [6, 6.07) is 9.56. The van der Waals surface area contributed by atoms with Crippen molar-refractivity contribution in [1.29, 1.82) is 0 Å². The van der Waals surface area contributed by atoms with Crippen LogP contribution in [-0.2, 0) is 10.0 Å². The van der Waals surface area contributed by atoms with Gasteiger partial charge in [-0.3, -0.25) is 4.79 Å². The molecule has 0 aromatic heterocycles. The van der Waals surface area contributed by atoms with Crippen LogP contribution < -0.4 is 10.0 Å². The number of sulfonamides is 1. The van der Waals surface area contributed by atoms with Crippen LogP contribution in [0.3, 0.4) is 0 Å². The number of rotatable bonds is 5. The van der Waals surface area contributed by atoms with E-state index < -0.39 is 21.7 Å². The molecule has 2 aromatic rings. The van der Waals surface area contributed by atoms with Crippen molar-refractivity contribution in [2.24, 2.45) is 0 Å². The van der Waals surface area contributed by atoms with Crippen LogP contribution in [0.5, 0.6) is 0 Å². The molecule has 1 fully saturated rings. The maximum absolute atomic E-state index is 13.2. The van der Waals surface area contributed by atoms with Crippen LogP contribution in [0.2, 0.25) is 5.02 Å². The number of carbonyl (C=O) groups is 1. The molecule has 0 spiro atoms. The summed E-state index contributed by atoms with van der Waals surface area (Å²) in [5, 5.41) is 2.47. The molecule has 2 N–H and O–H groups in total. The highest BCUT2D eigenvalue weighted by Crippen LogP contribution is 2.22. The van der Waals surface area contributed by atoms with Crippen molar-refractivity contribution in [3.8, 4) is 0 Å². The average molecular weight is 411 g/mol. The van der Waals surface area contributed by atoms with E-state index in [2.05, 4.69) is 10.0 Å². The lowest BCUT2D eigenvalue weighted by Gasteiger charge is -2.22. The standard InChI is InChI=1S/C19H20ClFN2O3S/c20-17-12-15(9-10-18(17)21)22-19(24)13-5-4-8-16(11-13)27(25,26)23-14-6-2-1-3-7-14/h4-5,8-12,14,23H,1-3,6-7H2,(H,22,24). The molecule has 0 heterocycles. The van der Waals surface area contributed by atoms with Crippen LogP contribution in [0.25, 0.3) is 0 Å². The lowest BCUT2D eigenvalue weighted by atomic mass is 9.96. The van der Waals surface area contributed by atoms with Crippen molar-refractivity contribution in [2.75, 3.05) is 5.32 Å². The Morgan fingerprint density at radius 1 is 1.07 bits per heavy atom. The lowest BCUT2D eigenvalue weighted by molar-refractivity contribution is 0.102. The highest BCUT2D eigenvalue weighted by atomic mass is 35.5. The molecule has 1 amide bonds. The maximum atomic E-state index is 13.2. The van der Waals surface area contributed by atoms with Gasteiger partial charge in [0, 0.05) is 17.3 Å². The van der Waals surface area contributed by atoms with E-state index in [4.69, 9.17) is 11.6 Å². The molecule has 0 aliphatic heterocycles. The van der Waals surface area contributed by atoms with Crippen molar-refractivity contribution in [3.63, 3.8) is 0 Å². The Bertz CT molecular complexity index is 944. The molecule has 27 heavy (non-hydrogen) atoms. The second-order valence-electron chi connectivity index (χ2n) is 6.57. The molecular formula is C19H20ClFN2O3S. The molecule has 1 saturated carbocycles. The summed E-state index contributed by atoms with van der Waals surface area (Å²) in [4.78, 5) is 12.5. The van der Waals surface area contributed by atoms with E-state index in [-0.39, 0.29) is 21.5 Å². The summed E-state index contributed by atoms with van der Waals surface area (Å²) in [6.07, 6.45) is 4.79. The number of benzene rings is 2. The zero-order valence-corrected chi connectivity index (χ0v) is 16.1. The topological polar surface area (TPSA) is 75.3 Å². The van der Waals surface area contributed by atoms with Gasteiger partial charge in [-0.2, -0.15) is 0 Å². The molecule has 3 rings (SSSR count). The van der Waals surface area contributed by atoms with Gasteiger partial charge in [-0.15, -0.1) is 0 Å². The number of amides is 1. The third kappa shape index (κ3) is 5.06. The van der Waals surface area contributed by atoms with E-state index in [9.17, 15) is 17.6 Å². The minimum absolute atomic E-state index is 0.0397. The van der Waals surface area contributed by atoms with Crippen molar-refractivity contribution in [2.45, 2.75) is 43.0 Å². The van der Waals surface area contributed by atoms with Gasteiger partial charge in [0.25, 0.3) is 5.91 Å². The van der Waals surface area contributed by atoms with Crippen LogP contribution in [0, 0.1) is 5.82 Å². The van der Waals surface area contributed by atoms with Crippen molar-refractivity contribution in [1.82, 2.24) is 4.72 Å². The van der Waals surface area contributed by atoms with Crippen LogP contribution >= 0.6 is 11.6 Å². The molecule has 1 aliphatic rings. The maximum Gasteiger partial charge on any atom is 0.255 e. The van der Waals surface area contributed by atoms with E-state index in [1.807, 2.05) is 0 Å². The normalized spacial score (nSPS) is 15.5. The first-order chi connectivity index (χ1) is 12.8. The number of nitrogens with one attached hydrogen (secondary N) is 2. The van der Waals surface area contributed by atoms with Gasteiger partial charge in [0.15, 0.2) is 0 Å². The SMILES string of the molecule is O=C(Nc1ccc(F)c(Cl)c1)c1cccc(S(=O)(=O)NC2CCCCC2)c1. The second-order valence-corrected chi connectivity index (χ2v) is 8.69. The zero-order chi connectivity index (χ0) is 19.4. The van der Waals surface area contributed by atoms with Gasteiger partial charge in [0.1, 0.15) is 5.82 Å². The van der Waals surface area contributed by atoms with E-state index in [1.165, 1.54) is 36.4 Å². The minimum atomic E-state index is -3.70. The molecule has 1 aliphatic carbocycles. The minimum Gasteiger partial charge on any atom is -0.322 e. The summed E-state index contributed by atoms with van der Waals surface area (Å²) in [6.45, 7) is 0. The fourth-order valence-electron chi connectivity index (χ4n) is 3.09. The Hall–Kier alpha value is -1.96. The fraction of sp³-hybridized carbons (Fsp3) is 0.316. The predicted octanol–water partition coefficient (Wildman–Crippen LogP) is 4.34. The summed E-state index contributed by atoms with van der Waals surface area (Å²) in [5.41, 5.74) is 0.502. The van der Waals surface area contributed by atoms with Crippen LogP contribution in [0.15, 0.2) is 47.4 Å². The van der Waals surface area contributed by atoms with Crippen molar-refractivity contribution >= 4 is 33.2 Å². The van der Waals surface area contributed by atoms with E-state index in [1.54, 1.807) is 0 Å². The first kappa shape index (κ1) is 19.8. The molecular weight excluding hydrogens is 391 g/mol. The molecule has 5 nitrogen and oxygen atoms in total. The van der Waals surface area contributed by atoms with Crippen LogP contribution in [-0.4, -0.2) is 20.4 Å². The van der Waals surface area contributed by atoms with Gasteiger partial charge in [-0.25, -0.2) is 17.5 Å². The van der Waals surface area contributed by atoms with Crippen molar-refractivity contribution < 1.29 is 17.6 Å². The Balaban J connectivity index is 1.75. The molecule has 144 valence electrons. The molecule has 2 aromatic carbocycles. The lowest BCUT2D eigenvalue weighted by Crippen LogP contribution is -2.36. The number of hydrogen-bond donors (Lipinski definition) is 2. The van der Waals surface area contributed by atoms with E-state index in [0.29, 0.717) is 5.69 Å². The Labute approximate surface area is 163 Å². The van der Waals surface area contributed by atoms with E-state index >= 15 is 0 Å². The Kier molecular flexibility index (Phi) is 6.14. The molecule has 0 radical (unpaired) electrons. The van der Waals surface area contributed by atoms with Crippen LogP contribution in [0.1, 0.15) is 42.5 Å². The van der Waals surface area contributed by atoms with Crippen molar-refractivity contribution in [3.05, 3.63) is 58.9 Å². The number of carbonyl (C=O) groups excluding carboxylic acids is 1. The summed E-state index contributed by atoms with van der Waals surface area (Å²) in [7, 11) is -3.70. The van der Waals surface area contributed by atoms with Crippen LogP contribution in [0.4, 0.5) is 10.1 Å². The highest BCUT2D eigenvalue weighted by molar-refractivity contribution is 7.89. The average Bonchev–Trinajstić information content (AvgIpc) is 2.65. The zero-order valence-electron chi connectivity index (χ0n) is 14.5. The molecule has 0 unspecified atom stereocenters. The largest absolute Gasteiger partial charge is 0.322 e. The van der Waals surface area contributed by atoms with Gasteiger partial charge in [-0.05, 0) is 49.2 Å². The summed E-state index contributed by atoms with van der Waals surface area (Å²) < 4.78 is 41.2. The number of hydrogen-bond acceptors (Lipinski definition) is 3. The highest BCUT2D eigenvalue weighted by Gasteiger charge is 2.22. The smallest absolute Gasteiger partial charge is 0.255 e. The third-order valence-corrected chi connectivity index (χ3v) is 6.32. The number of anilines is 1. The first-order valence-corrected chi connectivity index (χ1v) is 10.6. The third-order valence-electron chi connectivity index (χ3n) is 4.51. The predicted molar refractivity (Wildman–Crippen MR) is 103 cm³/mol. The Morgan fingerprint density at radius 2 is 1.81 bits per heavy atom. The molecule has 0 saturated heterocycles. The van der Waals surface area contributed by atoms with Gasteiger partial charge < -0.3 is 5.32 Å². The quantitative estimate of drug-likeness (QED) is 0.769. The molecule has 8 heteroatoms.